The molecule has 184 valence electrons. The van der Waals surface area contributed by atoms with Crippen molar-refractivity contribution in [1.29, 1.82) is 0 Å². The first kappa shape index (κ1) is 28.7. The summed E-state index contributed by atoms with van der Waals surface area (Å²) in [6, 6.07) is 8.38. The molecule has 1 amide bonds. The Bertz CT molecular complexity index is 743. The molecule has 7 heteroatoms. The van der Waals surface area contributed by atoms with Crippen LogP contribution in [0.1, 0.15) is 87.4 Å². The molecule has 0 unspecified atom stereocenters. The highest BCUT2D eigenvalue weighted by atomic mass is 32.2. The predicted molar refractivity (Wildman–Crippen MR) is 141 cm³/mol. The second-order valence-corrected chi connectivity index (χ2v) is 17.6. The van der Waals surface area contributed by atoms with Crippen LogP contribution in [0.3, 0.4) is 0 Å². The number of hydrogen-bond donors (Lipinski definition) is 2. The van der Waals surface area contributed by atoms with Gasteiger partial charge in [0.15, 0.2) is 0 Å². The van der Waals surface area contributed by atoms with E-state index in [1.54, 1.807) is 12.1 Å². The summed E-state index contributed by atoms with van der Waals surface area (Å²) < 4.78 is 24.2. The first-order valence-corrected chi connectivity index (χ1v) is 18.0. The van der Waals surface area contributed by atoms with E-state index in [0.717, 1.165) is 24.9 Å². The van der Waals surface area contributed by atoms with Crippen LogP contribution in [-0.4, -0.2) is 35.2 Å². The molecule has 1 aromatic carbocycles. The third-order valence-electron chi connectivity index (χ3n) is 5.61. The third-order valence-corrected chi connectivity index (χ3v) is 8.02. The van der Waals surface area contributed by atoms with Crippen LogP contribution in [-0.2, 0) is 10.0 Å². The number of anilines is 1. The monoisotopic (exact) mass is 482 g/mol. The van der Waals surface area contributed by atoms with Gasteiger partial charge in [-0.2, -0.15) is 0 Å². The minimum atomic E-state index is -3.54. The van der Waals surface area contributed by atoms with Gasteiger partial charge in [0.05, 0.1) is 6.26 Å². The van der Waals surface area contributed by atoms with Gasteiger partial charge in [-0.1, -0.05) is 96.3 Å². The van der Waals surface area contributed by atoms with Gasteiger partial charge in [-0.3, -0.25) is 4.79 Å². The molecule has 0 radical (unpaired) electrons. The topological polar surface area (TPSA) is 75.3 Å². The molecule has 2 N–H and O–H groups in total. The molecule has 1 aromatic rings. The summed E-state index contributed by atoms with van der Waals surface area (Å²) >= 11 is 0. The van der Waals surface area contributed by atoms with Crippen LogP contribution >= 0.6 is 0 Å². The summed E-state index contributed by atoms with van der Waals surface area (Å²) in [6.07, 6.45) is 17.2. The zero-order chi connectivity index (χ0) is 23.9. The second kappa shape index (κ2) is 15.5. The van der Waals surface area contributed by atoms with Gasteiger partial charge in [0.25, 0.3) is 5.91 Å². The highest BCUT2D eigenvalue weighted by Crippen LogP contribution is 2.17. The number of amides is 1. The Labute approximate surface area is 198 Å². The average Bonchev–Trinajstić information content (AvgIpc) is 2.69. The summed E-state index contributed by atoms with van der Waals surface area (Å²) in [5, 5.41) is 3.36. The number of benzene rings is 1. The lowest BCUT2D eigenvalue weighted by Crippen LogP contribution is -2.29. The fourth-order valence-corrected chi connectivity index (χ4v) is 5.51. The standard InChI is InChI=1S/C25H46N2O3SSi/c1-31(29,30)27-25(28)23-17-19-24(20-18-23)26-21-15-13-11-9-7-5-6-8-10-12-14-16-22-32(2,3)4/h17-20,26H,5-16,21-22H2,1-4H3,(H,27,28). The quantitative estimate of drug-likeness (QED) is 0.178. The lowest BCUT2D eigenvalue weighted by molar-refractivity contribution is 0.0981. The molecule has 0 aliphatic heterocycles. The normalized spacial score (nSPS) is 12.0. The fourth-order valence-electron chi connectivity index (χ4n) is 3.75. The Morgan fingerprint density at radius 2 is 1.19 bits per heavy atom. The van der Waals surface area contributed by atoms with E-state index in [9.17, 15) is 13.2 Å². The molecule has 0 bridgehead atoms. The number of unbranched alkanes of at least 4 members (excludes halogenated alkanes) is 11. The van der Waals surface area contributed by atoms with E-state index in [1.165, 1.54) is 76.7 Å². The third kappa shape index (κ3) is 16.3. The van der Waals surface area contributed by atoms with Gasteiger partial charge in [-0.05, 0) is 30.7 Å². The van der Waals surface area contributed by atoms with Crippen LogP contribution < -0.4 is 10.0 Å². The maximum absolute atomic E-state index is 11.8. The average molecular weight is 483 g/mol. The van der Waals surface area contributed by atoms with Crippen molar-refractivity contribution in [3.63, 3.8) is 0 Å². The Morgan fingerprint density at radius 1 is 0.750 bits per heavy atom. The zero-order valence-corrected chi connectivity index (χ0v) is 22.7. The van der Waals surface area contributed by atoms with Gasteiger partial charge in [0, 0.05) is 25.9 Å². The lowest BCUT2D eigenvalue weighted by atomic mass is 10.1. The largest absolute Gasteiger partial charge is 0.385 e. The molecule has 0 aliphatic rings. The van der Waals surface area contributed by atoms with Crippen molar-refractivity contribution < 1.29 is 13.2 Å². The molecule has 0 aromatic heterocycles. The molecule has 0 saturated heterocycles. The van der Waals surface area contributed by atoms with Crippen molar-refractivity contribution in [3.8, 4) is 0 Å². The maximum atomic E-state index is 11.8. The van der Waals surface area contributed by atoms with Gasteiger partial charge < -0.3 is 5.32 Å². The van der Waals surface area contributed by atoms with Gasteiger partial charge in [0.1, 0.15) is 0 Å². The summed E-state index contributed by atoms with van der Waals surface area (Å²) in [6.45, 7) is 8.32. The molecular weight excluding hydrogens is 436 g/mol. The number of rotatable bonds is 18. The van der Waals surface area contributed by atoms with E-state index in [1.807, 2.05) is 16.9 Å². The Hall–Kier alpha value is -1.34. The number of carbonyl (C=O) groups excluding carboxylic acids is 1. The van der Waals surface area contributed by atoms with Crippen molar-refractivity contribution in [2.45, 2.75) is 103 Å². The van der Waals surface area contributed by atoms with Gasteiger partial charge in [-0.25, -0.2) is 13.1 Å². The molecule has 0 atom stereocenters. The van der Waals surface area contributed by atoms with Crippen LogP contribution in [0.15, 0.2) is 24.3 Å². The first-order chi connectivity index (χ1) is 15.1. The van der Waals surface area contributed by atoms with Gasteiger partial charge in [0.2, 0.25) is 10.0 Å². The van der Waals surface area contributed by atoms with Crippen molar-refractivity contribution in [3.05, 3.63) is 29.8 Å². The Kier molecular flexibility index (Phi) is 13.9. The molecule has 32 heavy (non-hydrogen) atoms. The molecule has 0 aliphatic carbocycles. The predicted octanol–water partition coefficient (Wildman–Crippen LogP) is 6.81. The van der Waals surface area contributed by atoms with E-state index < -0.39 is 24.0 Å². The maximum Gasteiger partial charge on any atom is 0.264 e. The number of hydrogen-bond acceptors (Lipinski definition) is 4. The van der Waals surface area contributed by atoms with E-state index in [4.69, 9.17) is 0 Å². The minimum Gasteiger partial charge on any atom is -0.385 e. The van der Waals surface area contributed by atoms with Crippen LogP contribution in [0.4, 0.5) is 5.69 Å². The van der Waals surface area contributed by atoms with E-state index in [-0.39, 0.29) is 0 Å². The van der Waals surface area contributed by atoms with Crippen LogP contribution in [0.25, 0.3) is 0 Å². The zero-order valence-electron chi connectivity index (χ0n) is 20.8. The molecular formula is C25H46N2O3SSi. The summed E-state index contributed by atoms with van der Waals surface area (Å²) in [5.41, 5.74) is 1.28. The molecule has 0 fully saturated rings. The summed E-state index contributed by atoms with van der Waals surface area (Å²) in [5.74, 6) is -0.600. The van der Waals surface area contributed by atoms with Crippen molar-refractivity contribution >= 4 is 29.7 Å². The van der Waals surface area contributed by atoms with Crippen LogP contribution in [0.2, 0.25) is 25.7 Å². The SMILES string of the molecule is C[Si](C)(C)CCCCCCCCCCCCCCNc1ccc(C(=O)NS(C)(=O)=O)cc1. The molecule has 0 spiro atoms. The van der Waals surface area contributed by atoms with Crippen LogP contribution in [0, 0.1) is 0 Å². The van der Waals surface area contributed by atoms with E-state index in [2.05, 4.69) is 25.0 Å². The molecule has 1 rings (SSSR count). The minimum absolute atomic E-state index is 0.336. The molecule has 0 saturated carbocycles. The number of nitrogens with one attached hydrogen (secondary N) is 2. The first-order valence-electron chi connectivity index (χ1n) is 12.4. The number of sulfonamides is 1. The van der Waals surface area contributed by atoms with E-state index in [0.29, 0.717) is 5.56 Å². The van der Waals surface area contributed by atoms with E-state index >= 15 is 0 Å². The molecule has 0 heterocycles. The summed E-state index contributed by atoms with van der Waals surface area (Å²) in [7, 11) is -4.36. The van der Waals surface area contributed by atoms with Crippen molar-refractivity contribution in [2.24, 2.45) is 0 Å². The van der Waals surface area contributed by atoms with Gasteiger partial charge >= 0.3 is 0 Å². The highest BCUT2D eigenvalue weighted by Gasteiger charge is 2.11. The van der Waals surface area contributed by atoms with Crippen LogP contribution in [0.5, 0.6) is 0 Å². The van der Waals surface area contributed by atoms with Crippen molar-refractivity contribution in [1.82, 2.24) is 4.72 Å². The smallest absolute Gasteiger partial charge is 0.264 e. The Balaban J connectivity index is 1.94. The van der Waals surface area contributed by atoms with Crippen molar-refractivity contribution in [2.75, 3.05) is 18.1 Å². The lowest BCUT2D eigenvalue weighted by Gasteiger charge is -2.14. The molecule has 5 nitrogen and oxygen atoms in total. The summed E-state index contributed by atoms with van der Waals surface area (Å²) in [4.78, 5) is 11.8. The van der Waals surface area contributed by atoms with Gasteiger partial charge in [-0.15, -0.1) is 0 Å². The fraction of sp³-hybridized carbons (Fsp3) is 0.720. The highest BCUT2D eigenvalue weighted by molar-refractivity contribution is 7.89. The Morgan fingerprint density at radius 3 is 1.62 bits per heavy atom. The second-order valence-electron chi connectivity index (χ2n) is 10.3. The number of carbonyl (C=O) groups is 1.